The van der Waals surface area contributed by atoms with E-state index in [0.29, 0.717) is 0 Å². The fourth-order valence-electron chi connectivity index (χ4n) is 2.31. The Morgan fingerprint density at radius 2 is 1.60 bits per heavy atom. The summed E-state index contributed by atoms with van der Waals surface area (Å²) in [6.07, 6.45) is 0. The van der Waals surface area contributed by atoms with Gasteiger partial charge in [-0.3, -0.25) is 4.79 Å². The molecule has 0 bridgehead atoms. The van der Waals surface area contributed by atoms with Crippen LogP contribution >= 0.6 is 0 Å². The Bertz CT molecular complexity index is 558. The number of carbonyl (C=O) groups is 1. The quantitative estimate of drug-likeness (QED) is 0.772. The van der Waals surface area contributed by atoms with Crippen LogP contribution in [0.3, 0.4) is 0 Å². The summed E-state index contributed by atoms with van der Waals surface area (Å²) in [4.78, 5) is 14.8. The highest BCUT2D eigenvalue weighted by atomic mass is 16.1. The van der Waals surface area contributed by atoms with Crippen LogP contribution in [0.5, 0.6) is 0 Å². The van der Waals surface area contributed by atoms with Gasteiger partial charge in [0.15, 0.2) is 5.78 Å². The number of Topliss-reactive ketones (excluding diaryl/α,β-unsaturated/α-hetero) is 1. The zero-order valence-corrected chi connectivity index (χ0v) is 12.3. The number of ketones is 1. The number of benzene rings is 2. The van der Waals surface area contributed by atoms with Gasteiger partial charge in [0.05, 0.1) is 5.92 Å². The second-order valence-electron chi connectivity index (χ2n) is 5.46. The lowest BCUT2D eigenvalue weighted by Crippen LogP contribution is -2.26. The monoisotopic (exact) mass is 267 g/mol. The van der Waals surface area contributed by atoms with Crippen molar-refractivity contribution in [3.05, 3.63) is 71.3 Å². The van der Waals surface area contributed by atoms with Crippen LogP contribution < -0.4 is 0 Å². The largest absolute Gasteiger partial charge is 0.308 e. The van der Waals surface area contributed by atoms with Crippen molar-refractivity contribution in [2.75, 3.05) is 20.6 Å². The average molecular weight is 267 g/mol. The van der Waals surface area contributed by atoms with E-state index in [4.69, 9.17) is 0 Å². The smallest absolute Gasteiger partial charge is 0.171 e. The van der Waals surface area contributed by atoms with Crippen molar-refractivity contribution in [1.29, 1.82) is 0 Å². The molecule has 0 spiro atoms. The zero-order valence-electron chi connectivity index (χ0n) is 12.3. The van der Waals surface area contributed by atoms with Crippen LogP contribution in [0, 0.1) is 6.92 Å². The van der Waals surface area contributed by atoms with Crippen molar-refractivity contribution >= 4 is 5.78 Å². The van der Waals surface area contributed by atoms with Gasteiger partial charge in [0.1, 0.15) is 0 Å². The van der Waals surface area contributed by atoms with Crippen molar-refractivity contribution in [2.45, 2.75) is 12.8 Å². The molecule has 0 saturated carbocycles. The summed E-state index contributed by atoms with van der Waals surface area (Å²) in [5.74, 6) is 0.0659. The first kappa shape index (κ1) is 14.5. The summed E-state index contributed by atoms with van der Waals surface area (Å²) < 4.78 is 0. The van der Waals surface area contributed by atoms with Gasteiger partial charge in [0.2, 0.25) is 0 Å². The Kier molecular flexibility index (Phi) is 4.70. The van der Waals surface area contributed by atoms with Crippen molar-refractivity contribution in [3.63, 3.8) is 0 Å². The normalized spacial score (nSPS) is 12.4. The molecule has 0 unspecified atom stereocenters. The fraction of sp³-hybridized carbons (Fsp3) is 0.278. The SMILES string of the molecule is Cc1ccc([C@H](CN(C)C)C(=O)c2ccccc2)cc1. The molecule has 0 amide bonds. The molecular weight excluding hydrogens is 246 g/mol. The van der Waals surface area contributed by atoms with Gasteiger partial charge in [-0.15, -0.1) is 0 Å². The molecule has 0 aromatic heterocycles. The maximum Gasteiger partial charge on any atom is 0.171 e. The van der Waals surface area contributed by atoms with E-state index in [2.05, 4.69) is 36.1 Å². The van der Waals surface area contributed by atoms with Crippen LogP contribution in [0.15, 0.2) is 54.6 Å². The van der Waals surface area contributed by atoms with Gasteiger partial charge in [0, 0.05) is 12.1 Å². The Balaban J connectivity index is 2.32. The van der Waals surface area contributed by atoms with Crippen molar-refractivity contribution < 1.29 is 4.79 Å². The Morgan fingerprint density at radius 3 is 2.15 bits per heavy atom. The number of nitrogens with zero attached hydrogens (tertiary/aromatic N) is 1. The number of likely N-dealkylation sites (N-methyl/N-ethyl adjacent to an activating group) is 1. The minimum absolute atomic E-state index is 0.118. The first-order chi connectivity index (χ1) is 9.58. The van der Waals surface area contributed by atoms with E-state index < -0.39 is 0 Å². The van der Waals surface area contributed by atoms with Crippen molar-refractivity contribution in [1.82, 2.24) is 4.90 Å². The maximum atomic E-state index is 12.7. The molecule has 2 nitrogen and oxygen atoms in total. The molecule has 2 rings (SSSR count). The van der Waals surface area contributed by atoms with E-state index in [1.54, 1.807) is 0 Å². The van der Waals surface area contributed by atoms with Gasteiger partial charge in [-0.25, -0.2) is 0 Å². The Labute approximate surface area is 121 Å². The molecule has 2 aromatic rings. The van der Waals surface area contributed by atoms with E-state index >= 15 is 0 Å². The van der Waals surface area contributed by atoms with Crippen LogP contribution in [0.2, 0.25) is 0 Å². The van der Waals surface area contributed by atoms with E-state index in [9.17, 15) is 4.79 Å². The standard InChI is InChI=1S/C18H21NO/c1-14-9-11-15(12-10-14)17(13-19(2)3)18(20)16-7-5-4-6-8-16/h4-12,17H,13H2,1-3H3/t17-/m0/s1. The topological polar surface area (TPSA) is 20.3 Å². The molecule has 1 atom stereocenters. The lowest BCUT2D eigenvalue weighted by Gasteiger charge is -2.20. The lowest BCUT2D eigenvalue weighted by molar-refractivity contribution is 0.0945. The molecule has 0 saturated heterocycles. The van der Waals surface area contributed by atoms with Crippen molar-refractivity contribution in [3.8, 4) is 0 Å². The minimum Gasteiger partial charge on any atom is -0.308 e. The summed E-state index contributed by atoms with van der Waals surface area (Å²) >= 11 is 0. The molecule has 0 radical (unpaired) electrons. The lowest BCUT2D eigenvalue weighted by atomic mass is 9.90. The van der Waals surface area contributed by atoms with Gasteiger partial charge in [0.25, 0.3) is 0 Å². The summed E-state index contributed by atoms with van der Waals surface area (Å²) in [5, 5.41) is 0. The molecule has 0 heterocycles. The molecule has 2 heteroatoms. The van der Waals surface area contributed by atoms with E-state index in [1.165, 1.54) is 5.56 Å². The number of carbonyl (C=O) groups excluding carboxylic acids is 1. The summed E-state index contributed by atoms with van der Waals surface area (Å²) in [5.41, 5.74) is 3.07. The summed E-state index contributed by atoms with van der Waals surface area (Å²) in [6, 6.07) is 17.8. The third-order valence-corrected chi connectivity index (χ3v) is 3.40. The number of aryl methyl sites for hydroxylation is 1. The third-order valence-electron chi connectivity index (χ3n) is 3.40. The molecule has 2 aromatic carbocycles. The predicted octanol–water partition coefficient (Wildman–Crippen LogP) is 3.52. The summed E-state index contributed by atoms with van der Waals surface area (Å²) in [7, 11) is 4.00. The Morgan fingerprint density at radius 1 is 1.00 bits per heavy atom. The van der Waals surface area contributed by atoms with E-state index in [-0.39, 0.29) is 11.7 Å². The molecule has 20 heavy (non-hydrogen) atoms. The van der Waals surface area contributed by atoms with Gasteiger partial charge in [-0.05, 0) is 26.6 Å². The molecule has 0 fully saturated rings. The van der Waals surface area contributed by atoms with Crippen LogP contribution in [0.1, 0.15) is 27.4 Å². The second-order valence-corrected chi connectivity index (χ2v) is 5.46. The number of rotatable bonds is 5. The molecule has 0 N–H and O–H groups in total. The first-order valence-corrected chi connectivity index (χ1v) is 6.88. The highest BCUT2D eigenvalue weighted by Crippen LogP contribution is 2.22. The van der Waals surface area contributed by atoms with Crippen LogP contribution in [0.4, 0.5) is 0 Å². The molecule has 0 aliphatic carbocycles. The first-order valence-electron chi connectivity index (χ1n) is 6.88. The highest BCUT2D eigenvalue weighted by molar-refractivity contribution is 6.01. The predicted molar refractivity (Wildman–Crippen MR) is 83.2 cm³/mol. The highest BCUT2D eigenvalue weighted by Gasteiger charge is 2.22. The number of hydrogen-bond acceptors (Lipinski definition) is 2. The molecular formula is C18H21NO. The van der Waals surface area contributed by atoms with Crippen LogP contribution in [0.25, 0.3) is 0 Å². The molecule has 0 aliphatic rings. The van der Waals surface area contributed by atoms with Crippen LogP contribution in [-0.4, -0.2) is 31.3 Å². The van der Waals surface area contributed by atoms with Gasteiger partial charge in [-0.1, -0.05) is 60.2 Å². The second kappa shape index (κ2) is 6.49. The molecule has 0 aliphatic heterocycles. The van der Waals surface area contributed by atoms with E-state index in [1.807, 2.05) is 44.4 Å². The maximum absolute atomic E-state index is 12.7. The van der Waals surface area contributed by atoms with Crippen molar-refractivity contribution in [2.24, 2.45) is 0 Å². The molecule has 104 valence electrons. The van der Waals surface area contributed by atoms with Gasteiger partial charge >= 0.3 is 0 Å². The van der Waals surface area contributed by atoms with Crippen LogP contribution in [-0.2, 0) is 0 Å². The van der Waals surface area contributed by atoms with E-state index in [0.717, 1.165) is 17.7 Å². The minimum atomic E-state index is -0.118. The summed E-state index contributed by atoms with van der Waals surface area (Å²) in [6.45, 7) is 2.78. The Hall–Kier alpha value is -1.93. The van der Waals surface area contributed by atoms with Gasteiger partial charge < -0.3 is 4.90 Å². The van der Waals surface area contributed by atoms with Gasteiger partial charge in [-0.2, -0.15) is 0 Å². The fourth-order valence-corrected chi connectivity index (χ4v) is 2.31. The third kappa shape index (κ3) is 3.55. The average Bonchev–Trinajstić information content (AvgIpc) is 2.46. The number of hydrogen-bond donors (Lipinski definition) is 0. The zero-order chi connectivity index (χ0) is 14.5.